The molecular formula is C16H11Br2NO2S2. The SMILES string of the molecule is CSc1ccc(/C=C(\C#N)S(=O)(=O)c2cc(Br)ccc2Br)cc1. The molecule has 2 aromatic carbocycles. The van der Waals surface area contributed by atoms with Crippen LogP contribution in [0.25, 0.3) is 6.08 Å². The van der Waals surface area contributed by atoms with Crippen LogP contribution in [0.3, 0.4) is 0 Å². The van der Waals surface area contributed by atoms with Gasteiger partial charge in [0.25, 0.3) is 0 Å². The molecule has 0 aliphatic rings. The molecule has 7 heteroatoms. The molecule has 0 fully saturated rings. The Morgan fingerprint density at radius 2 is 1.83 bits per heavy atom. The van der Waals surface area contributed by atoms with E-state index in [-0.39, 0.29) is 9.80 Å². The zero-order chi connectivity index (χ0) is 17.0. The molecule has 3 nitrogen and oxygen atoms in total. The Bertz CT molecular complexity index is 899. The van der Waals surface area contributed by atoms with Crippen molar-refractivity contribution in [1.29, 1.82) is 5.26 Å². The van der Waals surface area contributed by atoms with E-state index < -0.39 is 9.84 Å². The van der Waals surface area contributed by atoms with E-state index in [9.17, 15) is 13.7 Å². The third kappa shape index (κ3) is 4.27. The van der Waals surface area contributed by atoms with Crippen LogP contribution in [0.1, 0.15) is 5.56 Å². The highest BCUT2D eigenvalue weighted by molar-refractivity contribution is 9.11. The van der Waals surface area contributed by atoms with Crippen molar-refractivity contribution in [3.05, 3.63) is 61.9 Å². The van der Waals surface area contributed by atoms with Crippen molar-refractivity contribution in [1.82, 2.24) is 0 Å². The van der Waals surface area contributed by atoms with E-state index in [4.69, 9.17) is 0 Å². The van der Waals surface area contributed by atoms with Crippen LogP contribution in [0.4, 0.5) is 0 Å². The van der Waals surface area contributed by atoms with E-state index in [2.05, 4.69) is 31.9 Å². The van der Waals surface area contributed by atoms with Crippen LogP contribution in [-0.2, 0) is 9.84 Å². The normalized spacial score (nSPS) is 12.0. The topological polar surface area (TPSA) is 57.9 Å². The lowest BCUT2D eigenvalue weighted by molar-refractivity contribution is 0.603. The van der Waals surface area contributed by atoms with Gasteiger partial charge in [-0.05, 0) is 64.2 Å². The van der Waals surface area contributed by atoms with E-state index in [1.165, 1.54) is 12.1 Å². The smallest absolute Gasteiger partial charge is 0.217 e. The molecule has 0 aliphatic carbocycles. The average molecular weight is 473 g/mol. The van der Waals surface area contributed by atoms with Crippen LogP contribution < -0.4 is 0 Å². The van der Waals surface area contributed by atoms with E-state index in [1.807, 2.05) is 18.4 Å². The average Bonchev–Trinajstić information content (AvgIpc) is 2.55. The van der Waals surface area contributed by atoms with Gasteiger partial charge in [0.05, 0.1) is 4.90 Å². The van der Waals surface area contributed by atoms with E-state index in [1.54, 1.807) is 42.1 Å². The molecule has 0 aliphatic heterocycles. The van der Waals surface area contributed by atoms with Crippen LogP contribution in [0, 0.1) is 11.3 Å². The molecule has 0 saturated heterocycles. The van der Waals surface area contributed by atoms with Gasteiger partial charge in [-0.3, -0.25) is 0 Å². The summed E-state index contributed by atoms with van der Waals surface area (Å²) in [7, 11) is -3.90. The quantitative estimate of drug-likeness (QED) is 0.449. The van der Waals surface area contributed by atoms with Gasteiger partial charge >= 0.3 is 0 Å². The molecule has 0 heterocycles. The maximum atomic E-state index is 12.7. The number of nitrogens with zero attached hydrogens (tertiary/aromatic N) is 1. The standard InChI is InChI=1S/C16H11Br2NO2S2/c1-22-13-5-2-11(3-6-13)8-14(10-19)23(20,21)16-9-12(17)4-7-15(16)18/h2-9H,1H3/b14-8+. The lowest BCUT2D eigenvalue weighted by Gasteiger charge is -2.06. The third-order valence-corrected chi connectivity index (χ3v) is 6.89. The lowest BCUT2D eigenvalue weighted by atomic mass is 10.2. The van der Waals surface area contributed by atoms with Gasteiger partial charge in [0.2, 0.25) is 9.84 Å². The Balaban J connectivity index is 2.52. The number of sulfone groups is 1. The highest BCUT2D eigenvalue weighted by atomic mass is 79.9. The first-order valence-corrected chi connectivity index (χ1v) is 10.6. The van der Waals surface area contributed by atoms with E-state index in [0.717, 1.165) is 4.90 Å². The Labute approximate surface area is 156 Å². The van der Waals surface area contributed by atoms with Crippen LogP contribution >= 0.6 is 43.6 Å². The maximum absolute atomic E-state index is 12.7. The summed E-state index contributed by atoms with van der Waals surface area (Å²) in [6.45, 7) is 0. The van der Waals surface area contributed by atoms with Crippen LogP contribution in [-0.4, -0.2) is 14.7 Å². The molecule has 0 aromatic heterocycles. The first-order valence-electron chi connectivity index (χ1n) is 6.34. The van der Waals surface area contributed by atoms with Crippen molar-refractivity contribution in [3.8, 4) is 6.07 Å². The molecule has 0 atom stereocenters. The number of halogens is 2. The molecule has 0 bridgehead atoms. The molecule has 2 aromatic rings. The van der Waals surface area contributed by atoms with Gasteiger partial charge in [-0.2, -0.15) is 5.26 Å². The van der Waals surface area contributed by atoms with Crippen LogP contribution in [0.5, 0.6) is 0 Å². The summed E-state index contributed by atoms with van der Waals surface area (Å²) in [5.74, 6) is 0. The molecule has 2 rings (SSSR count). The fourth-order valence-corrected chi connectivity index (χ4v) is 4.89. The van der Waals surface area contributed by atoms with E-state index >= 15 is 0 Å². The number of allylic oxidation sites excluding steroid dienone is 1. The fraction of sp³-hybridized carbons (Fsp3) is 0.0625. The Morgan fingerprint density at radius 1 is 1.17 bits per heavy atom. The van der Waals surface area contributed by atoms with Gasteiger partial charge in [-0.15, -0.1) is 11.8 Å². The van der Waals surface area contributed by atoms with Crippen molar-refractivity contribution in [3.63, 3.8) is 0 Å². The summed E-state index contributed by atoms with van der Waals surface area (Å²) in [6.07, 6.45) is 3.34. The number of hydrogen-bond acceptors (Lipinski definition) is 4. The summed E-state index contributed by atoms with van der Waals surface area (Å²) in [5.41, 5.74) is 0.661. The van der Waals surface area contributed by atoms with Crippen molar-refractivity contribution < 1.29 is 8.42 Å². The molecule has 0 amide bonds. The maximum Gasteiger partial charge on any atom is 0.217 e. The van der Waals surface area contributed by atoms with Crippen molar-refractivity contribution in [2.24, 2.45) is 0 Å². The van der Waals surface area contributed by atoms with Crippen molar-refractivity contribution in [2.45, 2.75) is 9.79 Å². The lowest BCUT2D eigenvalue weighted by Crippen LogP contribution is -2.04. The molecule has 0 saturated carbocycles. The second-order valence-corrected chi connectivity index (χ2v) is 9.01. The van der Waals surface area contributed by atoms with Gasteiger partial charge < -0.3 is 0 Å². The Kier molecular flexibility index (Phi) is 6.09. The van der Waals surface area contributed by atoms with E-state index in [0.29, 0.717) is 14.5 Å². The monoisotopic (exact) mass is 471 g/mol. The molecule has 0 radical (unpaired) electrons. The largest absolute Gasteiger partial charge is 0.218 e. The predicted octanol–water partition coefficient (Wildman–Crippen LogP) is 5.27. The number of nitriles is 1. The zero-order valence-electron chi connectivity index (χ0n) is 12.0. The first kappa shape index (κ1) is 18.3. The fourth-order valence-electron chi connectivity index (χ4n) is 1.82. The minimum Gasteiger partial charge on any atom is -0.218 e. The summed E-state index contributed by atoms with van der Waals surface area (Å²) in [6, 6.07) is 14.0. The number of thioether (sulfide) groups is 1. The van der Waals surface area contributed by atoms with Gasteiger partial charge in [0, 0.05) is 13.8 Å². The number of hydrogen-bond donors (Lipinski definition) is 0. The van der Waals surface area contributed by atoms with Gasteiger partial charge in [-0.25, -0.2) is 8.42 Å². The Hall–Kier alpha value is -1.07. The number of benzene rings is 2. The molecule has 118 valence electrons. The molecular weight excluding hydrogens is 462 g/mol. The summed E-state index contributed by atoms with van der Waals surface area (Å²) < 4.78 is 26.5. The molecule has 0 N–H and O–H groups in total. The molecule has 0 spiro atoms. The number of rotatable bonds is 4. The predicted molar refractivity (Wildman–Crippen MR) is 101 cm³/mol. The minimum absolute atomic E-state index is 0.0559. The third-order valence-electron chi connectivity index (χ3n) is 3.00. The second kappa shape index (κ2) is 7.67. The van der Waals surface area contributed by atoms with Crippen molar-refractivity contribution in [2.75, 3.05) is 6.26 Å². The minimum atomic E-state index is -3.90. The van der Waals surface area contributed by atoms with Crippen molar-refractivity contribution >= 4 is 59.5 Å². The highest BCUT2D eigenvalue weighted by Crippen LogP contribution is 2.30. The summed E-state index contributed by atoms with van der Waals surface area (Å²) in [5, 5.41) is 9.32. The first-order chi connectivity index (χ1) is 10.9. The van der Waals surface area contributed by atoms with Crippen LogP contribution in [0.15, 0.2) is 66.1 Å². The van der Waals surface area contributed by atoms with Gasteiger partial charge in [0.15, 0.2) is 0 Å². The summed E-state index contributed by atoms with van der Waals surface area (Å²) >= 11 is 8.07. The highest BCUT2D eigenvalue weighted by Gasteiger charge is 2.23. The van der Waals surface area contributed by atoms with Gasteiger partial charge in [-0.1, -0.05) is 28.1 Å². The molecule has 23 heavy (non-hydrogen) atoms. The zero-order valence-corrected chi connectivity index (χ0v) is 16.8. The summed E-state index contributed by atoms with van der Waals surface area (Å²) in [4.78, 5) is 0.826. The van der Waals surface area contributed by atoms with Gasteiger partial charge in [0.1, 0.15) is 11.0 Å². The molecule has 0 unspecified atom stereocenters. The van der Waals surface area contributed by atoms with Crippen LogP contribution in [0.2, 0.25) is 0 Å². The second-order valence-electron chi connectivity index (χ2n) is 4.47. The Morgan fingerprint density at radius 3 is 2.39 bits per heavy atom.